The van der Waals surface area contributed by atoms with Crippen molar-refractivity contribution in [3.63, 3.8) is 0 Å². The zero-order chi connectivity index (χ0) is 19.8. The lowest BCUT2D eigenvalue weighted by Gasteiger charge is -2.11. The molecule has 0 saturated carbocycles. The van der Waals surface area contributed by atoms with Gasteiger partial charge in [-0.2, -0.15) is 4.99 Å². The van der Waals surface area contributed by atoms with Crippen molar-refractivity contribution in [1.82, 2.24) is 4.98 Å². The summed E-state index contributed by atoms with van der Waals surface area (Å²) in [6, 6.07) is 1.60. The van der Waals surface area contributed by atoms with E-state index in [4.69, 9.17) is 28.9 Å². The lowest BCUT2D eigenvalue weighted by molar-refractivity contribution is -0.386. The Morgan fingerprint density at radius 1 is 1.31 bits per heavy atom. The van der Waals surface area contributed by atoms with E-state index in [9.17, 15) is 25.1 Å². The highest BCUT2D eigenvalue weighted by molar-refractivity contribution is 6.36. The molecule has 1 aromatic heterocycles. The fourth-order valence-corrected chi connectivity index (χ4v) is 2.68. The molecule has 136 valence electrons. The molecule has 1 heterocycles. The molecule has 0 aliphatic rings. The van der Waals surface area contributed by atoms with Gasteiger partial charge in [0.1, 0.15) is 11.0 Å². The van der Waals surface area contributed by atoms with Crippen LogP contribution < -0.4 is 5.73 Å². The maximum atomic E-state index is 12.3. The second-order valence-electron chi connectivity index (χ2n) is 5.22. The summed E-state index contributed by atoms with van der Waals surface area (Å²) in [5.74, 6) is -3.10. The van der Waals surface area contributed by atoms with E-state index in [-0.39, 0.29) is 22.1 Å². The smallest absolute Gasteiger partial charge is 0.315 e. The molecule has 2 rings (SSSR count). The molecule has 0 aliphatic carbocycles. The number of carbonyl (C=O) groups is 1. The molecule has 0 bridgehead atoms. The average molecular weight is 399 g/mol. The van der Waals surface area contributed by atoms with Crippen LogP contribution in [0.1, 0.15) is 27.2 Å². The van der Waals surface area contributed by atoms with E-state index >= 15 is 0 Å². The monoisotopic (exact) mass is 398 g/mol. The summed E-state index contributed by atoms with van der Waals surface area (Å²) in [5, 5.41) is 30.2. The predicted octanol–water partition coefficient (Wildman–Crippen LogP) is 2.87. The Balaban J connectivity index is 2.53. The Kier molecular flexibility index (Phi) is 5.33. The third-order valence-corrected chi connectivity index (χ3v) is 4.32. The molecule has 0 radical (unpaired) electrons. The van der Waals surface area contributed by atoms with E-state index in [1.165, 1.54) is 0 Å². The van der Waals surface area contributed by atoms with Crippen LogP contribution in [0.25, 0.3) is 0 Å². The van der Waals surface area contributed by atoms with Gasteiger partial charge in [-0.15, -0.1) is 0 Å². The fourth-order valence-electron chi connectivity index (χ4n) is 2.18. The van der Waals surface area contributed by atoms with Crippen molar-refractivity contribution in [2.45, 2.75) is 13.8 Å². The number of aryl methyl sites for hydroxylation is 1. The van der Waals surface area contributed by atoms with Crippen molar-refractivity contribution >= 4 is 40.6 Å². The van der Waals surface area contributed by atoms with Gasteiger partial charge in [0, 0.05) is 6.07 Å². The van der Waals surface area contributed by atoms with E-state index in [0.29, 0.717) is 16.3 Å². The SMILES string of the molecule is Cc1nc(Cl)c(C(N)=NC(=O)c2cc(O)c(O)c([N+](=O)[O-])c2)c(C)c1Cl. The van der Waals surface area contributed by atoms with Crippen LogP contribution >= 0.6 is 23.2 Å². The molecule has 0 spiro atoms. The minimum atomic E-state index is -0.993. The largest absolute Gasteiger partial charge is 0.504 e. The van der Waals surface area contributed by atoms with Gasteiger partial charge in [-0.3, -0.25) is 14.9 Å². The molecule has 0 aliphatic heterocycles. The molecular weight excluding hydrogens is 387 g/mol. The molecule has 0 fully saturated rings. The molecule has 1 amide bonds. The molecule has 0 atom stereocenters. The number of hydrogen-bond acceptors (Lipinski definition) is 6. The molecule has 2 aromatic rings. The normalized spacial score (nSPS) is 11.5. The molecule has 4 N–H and O–H groups in total. The van der Waals surface area contributed by atoms with Crippen molar-refractivity contribution in [2.24, 2.45) is 10.7 Å². The van der Waals surface area contributed by atoms with E-state index in [1.54, 1.807) is 13.8 Å². The summed E-state index contributed by atoms with van der Waals surface area (Å²) in [4.78, 5) is 29.8. The maximum Gasteiger partial charge on any atom is 0.315 e. The number of nitro benzene ring substituents is 1. The van der Waals surface area contributed by atoms with Crippen molar-refractivity contribution in [3.05, 3.63) is 54.8 Å². The second-order valence-corrected chi connectivity index (χ2v) is 5.96. The van der Waals surface area contributed by atoms with Crippen LogP contribution in [0.15, 0.2) is 17.1 Å². The van der Waals surface area contributed by atoms with Gasteiger partial charge in [0.25, 0.3) is 5.91 Å². The quantitative estimate of drug-likeness (QED) is 0.179. The van der Waals surface area contributed by atoms with Crippen LogP contribution in [0.3, 0.4) is 0 Å². The van der Waals surface area contributed by atoms with Crippen LogP contribution in [-0.4, -0.2) is 31.9 Å². The molecular formula is C15H12Cl2N4O5. The van der Waals surface area contributed by atoms with E-state index < -0.39 is 28.0 Å². The lowest BCUT2D eigenvalue weighted by atomic mass is 10.1. The number of amidine groups is 1. The van der Waals surface area contributed by atoms with Crippen LogP contribution in [-0.2, 0) is 0 Å². The lowest BCUT2D eigenvalue weighted by Crippen LogP contribution is -2.19. The van der Waals surface area contributed by atoms with Gasteiger partial charge >= 0.3 is 5.69 Å². The summed E-state index contributed by atoms with van der Waals surface area (Å²) in [7, 11) is 0. The van der Waals surface area contributed by atoms with Crippen LogP contribution in [0.2, 0.25) is 10.2 Å². The number of phenolic OH excluding ortho intramolecular Hbond substituents is 2. The number of halogens is 2. The number of amides is 1. The van der Waals surface area contributed by atoms with Gasteiger partial charge in [0.2, 0.25) is 5.75 Å². The number of hydrogen-bond donors (Lipinski definition) is 3. The Labute approximate surface area is 156 Å². The first-order valence-corrected chi connectivity index (χ1v) is 7.71. The van der Waals surface area contributed by atoms with E-state index in [0.717, 1.165) is 12.1 Å². The number of rotatable bonds is 3. The number of aliphatic imine (C=N–C) groups is 1. The number of benzene rings is 1. The average Bonchev–Trinajstić information content (AvgIpc) is 2.54. The summed E-state index contributed by atoms with van der Waals surface area (Å²) < 4.78 is 0. The number of nitrogens with zero attached hydrogens (tertiary/aromatic N) is 3. The topological polar surface area (TPSA) is 152 Å². The first-order chi connectivity index (χ1) is 12.0. The highest BCUT2D eigenvalue weighted by Gasteiger charge is 2.22. The summed E-state index contributed by atoms with van der Waals surface area (Å²) in [5.41, 5.74) is 5.69. The number of phenols is 2. The van der Waals surface area contributed by atoms with Crippen molar-refractivity contribution in [3.8, 4) is 11.5 Å². The number of carbonyl (C=O) groups excluding carboxylic acids is 1. The Morgan fingerprint density at radius 3 is 2.50 bits per heavy atom. The fraction of sp³-hybridized carbons (Fsp3) is 0.133. The van der Waals surface area contributed by atoms with Crippen molar-refractivity contribution in [2.75, 3.05) is 0 Å². The van der Waals surface area contributed by atoms with Gasteiger partial charge in [-0.25, -0.2) is 4.98 Å². The summed E-state index contributed by atoms with van der Waals surface area (Å²) >= 11 is 12.1. The standard InChI is InChI=1S/C15H12Cl2N4O5/c1-5-10(13(17)19-6(2)11(5)16)14(18)20-15(24)7-3-8(21(25)26)12(23)9(22)4-7/h3-4,22-23H,1-2H3,(H2,18,20,24). The maximum absolute atomic E-state index is 12.3. The zero-order valence-corrected chi connectivity index (χ0v) is 15.0. The van der Waals surface area contributed by atoms with Gasteiger partial charge < -0.3 is 15.9 Å². The highest BCUT2D eigenvalue weighted by Crippen LogP contribution is 2.36. The first kappa shape index (κ1) is 19.4. The first-order valence-electron chi connectivity index (χ1n) is 6.96. The summed E-state index contributed by atoms with van der Waals surface area (Å²) in [6.45, 7) is 3.25. The van der Waals surface area contributed by atoms with E-state index in [2.05, 4.69) is 9.98 Å². The number of aromatic nitrogens is 1. The number of nitro groups is 1. The van der Waals surface area contributed by atoms with Gasteiger partial charge in [0.05, 0.1) is 26.8 Å². The van der Waals surface area contributed by atoms with Crippen LogP contribution in [0, 0.1) is 24.0 Å². The molecule has 9 nitrogen and oxygen atoms in total. The number of aromatic hydroxyl groups is 2. The van der Waals surface area contributed by atoms with Gasteiger partial charge in [0.15, 0.2) is 5.75 Å². The Bertz CT molecular complexity index is 975. The molecule has 1 aromatic carbocycles. The Hall–Kier alpha value is -2.91. The Morgan fingerprint density at radius 2 is 1.92 bits per heavy atom. The van der Waals surface area contributed by atoms with Crippen LogP contribution in [0.4, 0.5) is 5.69 Å². The molecule has 0 unspecified atom stereocenters. The highest BCUT2D eigenvalue weighted by atomic mass is 35.5. The minimum absolute atomic E-state index is 0.0158. The van der Waals surface area contributed by atoms with Crippen molar-refractivity contribution < 1.29 is 19.9 Å². The number of nitrogens with two attached hydrogens (primary N) is 1. The molecule has 0 saturated heterocycles. The zero-order valence-electron chi connectivity index (χ0n) is 13.4. The number of pyridine rings is 1. The third-order valence-electron chi connectivity index (χ3n) is 3.49. The van der Waals surface area contributed by atoms with Crippen LogP contribution in [0.5, 0.6) is 11.5 Å². The molecule has 26 heavy (non-hydrogen) atoms. The second kappa shape index (κ2) is 7.14. The molecule has 11 heteroatoms. The third kappa shape index (κ3) is 3.53. The van der Waals surface area contributed by atoms with Gasteiger partial charge in [-0.1, -0.05) is 23.2 Å². The minimum Gasteiger partial charge on any atom is -0.504 e. The van der Waals surface area contributed by atoms with E-state index in [1.807, 2.05) is 0 Å². The van der Waals surface area contributed by atoms with Crippen molar-refractivity contribution in [1.29, 1.82) is 0 Å². The van der Waals surface area contributed by atoms with Gasteiger partial charge in [-0.05, 0) is 25.5 Å². The predicted molar refractivity (Wildman–Crippen MR) is 95.2 cm³/mol. The summed E-state index contributed by atoms with van der Waals surface area (Å²) in [6.07, 6.45) is 0.